The minimum atomic E-state index is -3.34. The fourth-order valence-electron chi connectivity index (χ4n) is 9.60. The molecule has 0 heterocycles. The second-order valence-corrected chi connectivity index (χ2v) is 29.7. The first-order valence-electron chi connectivity index (χ1n) is 20.8. The fourth-order valence-corrected chi connectivity index (χ4v) is 22.9. The van der Waals surface area contributed by atoms with Gasteiger partial charge in [0.15, 0.2) is 0 Å². The van der Waals surface area contributed by atoms with Crippen LogP contribution in [0, 0.1) is 0 Å². The summed E-state index contributed by atoms with van der Waals surface area (Å²) < 4.78 is 3.66. The van der Waals surface area contributed by atoms with Gasteiger partial charge < -0.3 is 24.8 Å². The SMILES string of the molecule is CC(C)(C)c1cc2c(cc1C(C)(C)C)[CH]([Hf+2]([C]1=CC=CC1)=[C](c1cccc3ccccc13)c1cccc3ccccc13)c1cc(C(C)(C)C)c(C(C)(C)C)cc1-2.[Cl-].[Cl-]. The summed E-state index contributed by atoms with van der Waals surface area (Å²) in [4.78, 5) is 0. The molecule has 0 fully saturated rings. The summed E-state index contributed by atoms with van der Waals surface area (Å²) in [6.45, 7) is 29.0. The zero-order valence-electron chi connectivity index (χ0n) is 36.7. The van der Waals surface area contributed by atoms with Crippen LogP contribution in [0.15, 0.2) is 131 Å². The predicted molar refractivity (Wildman–Crippen MR) is 241 cm³/mol. The molecule has 0 radical (unpaired) electrons. The predicted octanol–water partition coefficient (Wildman–Crippen LogP) is 8.99. The van der Waals surface area contributed by atoms with E-state index in [4.69, 9.17) is 0 Å². The molecule has 0 N–H and O–H groups in total. The zero-order chi connectivity index (χ0) is 39.9. The van der Waals surface area contributed by atoms with Crippen molar-refractivity contribution < 1.29 is 45.8 Å². The van der Waals surface area contributed by atoms with Crippen LogP contribution >= 0.6 is 0 Å². The number of hydrogen-bond acceptors (Lipinski definition) is 0. The Labute approximate surface area is 369 Å². The third-order valence-electron chi connectivity index (χ3n) is 12.3. The van der Waals surface area contributed by atoms with Crippen LogP contribution in [-0.4, -0.2) is 3.26 Å². The number of rotatable bonds is 4. The Hall–Kier alpha value is -3.36. The number of fused-ring (bicyclic) bond motifs is 5. The molecule has 0 saturated carbocycles. The summed E-state index contributed by atoms with van der Waals surface area (Å²) in [7, 11) is 0. The van der Waals surface area contributed by atoms with Crippen LogP contribution in [0.2, 0.25) is 0 Å². The minimum absolute atomic E-state index is 0. The standard InChI is InChI=1S/C29H41.C21H14.C5H5.2ClH.Hf/c1-26(2,3)22-14-18-13-19-15-23(27(4,5)6)25(29(10,11)12)17-21(19)20(18)16-24(22)28(7,8)9;1-3-13-20-16(7-1)9-5-11-18(20)15-19-12-6-10-17-8-2-4-14-21(17)19;1-2-4-5-3-1;;;/h13-17H,1-12H3;1-14H;1-3H,4H2;2*1H;/q;;;;;+2/p-2. The molecule has 0 aromatic heterocycles. The van der Waals surface area contributed by atoms with Gasteiger partial charge in [-0.05, 0) is 0 Å². The zero-order valence-corrected chi connectivity index (χ0v) is 41.8. The summed E-state index contributed by atoms with van der Waals surface area (Å²) in [5.41, 5.74) is 14.9. The molecule has 8 rings (SSSR count). The maximum atomic E-state index is 2.71. The van der Waals surface area contributed by atoms with Crippen LogP contribution < -0.4 is 24.8 Å². The maximum absolute atomic E-state index is 3.34. The fraction of sp³-hybridized carbons (Fsp3) is 0.327. The van der Waals surface area contributed by atoms with Gasteiger partial charge in [-0.25, -0.2) is 0 Å². The van der Waals surface area contributed by atoms with E-state index in [-0.39, 0.29) is 46.5 Å². The average molecular weight is 970 g/mol. The quantitative estimate of drug-likeness (QED) is 0.155. The molecule has 3 heteroatoms. The van der Waals surface area contributed by atoms with E-state index in [0.717, 1.165) is 6.42 Å². The summed E-state index contributed by atoms with van der Waals surface area (Å²) >= 11 is -3.34. The van der Waals surface area contributed by atoms with Crippen molar-refractivity contribution in [3.63, 3.8) is 0 Å². The average Bonchev–Trinajstić information content (AvgIpc) is 3.78. The third-order valence-corrected chi connectivity index (χ3v) is 24.3. The Morgan fingerprint density at radius 3 is 1.24 bits per heavy atom. The number of halogens is 2. The first-order valence-corrected chi connectivity index (χ1v) is 26.5. The molecule has 2 aliphatic rings. The molecule has 0 atom stereocenters. The molecular weight excluding hydrogens is 910 g/mol. The van der Waals surface area contributed by atoms with Crippen molar-refractivity contribution in [2.45, 2.75) is 115 Å². The Morgan fingerprint density at radius 2 is 0.862 bits per heavy atom. The molecule has 0 spiro atoms. The summed E-state index contributed by atoms with van der Waals surface area (Å²) in [6, 6.07) is 43.1. The normalized spacial score (nSPS) is 14.0. The maximum Gasteiger partial charge on any atom is -1.00 e. The molecule has 2 aliphatic carbocycles. The molecule has 0 unspecified atom stereocenters. The molecule has 0 saturated heterocycles. The van der Waals surface area contributed by atoms with Gasteiger partial charge in [-0.3, -0.25) is 0 Å². The van der Waals surface area contributed by atoms with Crippen LogP contribution in [0.3, 0.4) is 0 Å². The van der Waals surface area contributed by atoms with E-state index in [1.807, 2.05) is 0 Å². The first kappa shape index (κ1) is 44.2. The van der Waals surface area contributed by atoms with Gasteiger partial charge in [0.1, 0.15) is 0 Å². The molecule has 58 heavy (non-hydrogen) atoms. The van der Waals surface area contributed by atoms with E-state index in [0.29, 0.717) is 3.67 Å². The number of benzene rings is 6. The molecule has 0 bridgehead atoms. The molecule has 0 nitrogen and oxygen atoms in total. The van der Waals surface area contributed by atoms with Crippen LogP contribution in [0.5, 0.6) is 0 Å². The third kappa shape index (κ3) is 7.86. The van der Waals surface area contributed by atoms with E-state index in [2.05, 4.69) is 211 Å². The molecular formula is C55H60Cl2Hf. The second kappa shape index (κ2) is 15.9. The summed E-state index contributed by atoms with van der Waals surface area (Å²) in [6.07, 6.45) is 8.36. The van der Waals surface area contributed by atoms with E-state index < -0.39 is 21.0 Å². The largest absolute Gasteiger partial charge is 1.00 e. The molecule has 6 aromatic rings. The Bertz CT molecular complexity index is 2470. The molecule has 298 valence electrons. The van der Waals surface area contributed by atoms with Crippen molar-refractivity contribution in [3.05, 3.63) is 175 Å². The van der Waals surface area contributed by atoms with Crippen LogP contribution in [0.1, 0.15) is 138 Å². The minimum Gasteiger partial charge on any atom is -1.00 e. The molecule has 6 aromatic carbocycles. The van der Waals surface area contributed by atoms with Gasteiger partial charge in [0.25, 0.3) is 0 Å². The summed E-state index contributed by atoms with van der Waals surface area (Å²) in [5.74, 6) is 0. The van der Waals surface area contributed by atoms with E-state index in [1.54, 1.807) is 17.7 Å². The smallest absolute Gasteiger partial charge is 1.00 e. The topological polar surface area (TPSA) is 0 Å². The number of hydrogen-bond donors (Lipinski definition) is 0. The summed E-state index contributed by atoms with van der Waals surface area (Å²) in [5, 5.41) is 5.35. The van der Waals surface area contributed by atoms with Gasteiger partial charge in [0, 0.05) is 0 Å². The van der Waals surface area contributed by atoms with Gasteiger partial charge in [-0.2, -0.15) is 0 Å². The van der Waals surface area contributed by atoms with E-state index in [9.17, 15) is 0 Å². The van der Waals surface area contributed by atoms with E-state index in [1.165, 1.54) is 66.1 Å². The van der Waals surface area contributed by atoms with Crippen molar-refractivity contribution in [3.8, 4) is 11.1 Å². The van der Waals surface area contributed by atoms with Crippen LogP contribution in [0.4, 0.5) is 0 Å². The Balaban J connectivity index is 0.00000283. The van der Waals surface area contributed by atoms with Crippen molar-refractivity contribution >= 4 is 24.8 Å². The van der Waals surface area contributed by atoms with Gasteiger partial charge in [0.05, 0.1) is 0 Å². The monoisotopic (exact) mass is 970 g/mol. The Kier molecular flexibility index (Phi) is 12.1. The Morgan fingerprint density at radius 1 is 0.483 bits per heavy atom. The van der Waals surface area contributed by atoms with Gasteiger partial charge in [-0.15, -0.1) is 0 Å². The van der Waals surface area contributed by atoms with E-state index >= 15 is 0 Å². The van der Waals surface area contributed by atoms with Crippen molar-refractivity contribution in [1.29, 1.82) is 0 Å². The first-order chi connectivity index (χ1) is 26.3. The number of allylic oxidation sites excluding steroid dienone is 4. The van der Waals surface area contributed by atoms with Crippen molar-refractivity contribution in [1.82, 2.24) is 0 Å². The van der Waals surface area contributed by atoms with Gasteiger partial charge >= 0.3 is 347 Å². The van der Waals surface area contributed by atoms with Crippen molar-refractivity contribution in [2.75, 3.05) is 0 Å². The van der Waals surface area contributed by atoms with Crippen LogP contribution in [-0.2, 0) is 42.6 Å². The molecule has 0 aliphatic heterocycles. The van der Waals surface area contributed by atoms with Crippen LogP contribution in [0.25, 0.3) is 32.7 Å². The second-order valence-electron chi connectivity index (χ2n) is 20.6. The van der Waals surface area contributed by atoms with Crippen molar-refractivity contribution in [2.24, 2.45) is 0 Å². The van der Waals surface area contributed by atoms with Gasteiger partial charge in [0.2, 0.25) is 0 Å². The van der Waals surface area contributed by atoms with Gasteiger partial charge in [-0.1, -0.05) is 0 Å². The molecule has 0 amide bonds.